The van der Waals surface area contributed by atoms with Crippen molar-refractivity contribution in [3.8, 4) is 11.2 Å². The Kier molecular flexibility index (Phi) is 4.29. The molecule has 0 N–H and O–H groups in total. The van der Waals surface area contributed by atoms with Crippen molar-refractivity contribution in [1.29, 1.82) is 5.26 Å². The summed E-state index contributed by atoms with van der Waals surface area (Å²) >= 11 is 1.27. The third-order valence-electron chi connectivity index (χ3n) is 2.44. The van der Waals surface area contributed by atoms with Crippen molar-refractivity contribution < 1.29 is 4.74 Å². The number of thioether (sulfide) groups is 1. The van der Waals surface area contributed by atoms with Gasteiger partial charge in [-0.25, -0.2) is 0 Å². The van der Waals surface area contributed by atoms with Crippen LogP contribution in [-0.2, 0) is 0 Å². The molecule has 2 aromatic carbocycles. The van der Waals surface area contributed by atoms with E-state index in [-0.39, 0.29) is 0 Å². The molecule has 0 saturated heterocycles. The molecule has 2 rings (SSSR count). The topological polar surface area (TPSA) is 33.0 Å². The molecule has 0 aliphatic carbocycles. The molecule has 86 valence electrons. The van der Waals surface area contributed by atoms with E-state index in [2.05, 4.69) is 23.6 Å². The van der Waals surface area contributed by atoms with Gasteiger partial charge in [-0.15, -0.1) is 0 Å². The number of hydrogen-bond donors (Lipinski definition) is 0. The van der Waals surface area contributed by atoms with E-state index in [1.54, 1.807) is 0 Å². The number of rotatable bonds is 5. The summed E-state index contributed by atoms with van der Waals surface area (Å²) in [4.78, 5) is 0. The molecule has 2 nitrogen and oxygen atoms in total. The van der Waals surface area contributed by atoms with Gasteiger partial charge in [-0.05, 0) is 41.1 Å². The highest BCUT2D eigenvalue weighted by Crippen LogP contribution is 2.20. The number of nitriles is 1. The zero-order valence-electron chi connectivity index (χ0n) is 9.43. The SMILES string of the molecule is N#CSCCCOc1ccc2ccccc2c1. The zero-order valence-corrected chi connectivity index (χ0v) is 10.2. The summed E-state index contributed by atoms with van der Waals surface area (Å²) in [7, 11) is 0. The van der Waals surface area contributed by atoms with Crippen LogP contribution in [0.25, 0.3) is 10.8 Å². The number of ether oxygens (including phenoxy) is 1. The predicted molar refractivity (Wildman–Crippen MR) is 72.1 cm³/mol. The van der Waals surface area contributed by atoms with Gasteiger partial charge in [0.05, 0.1) is 6.61 Å². The van der Waals surface area contributed by atoms with Crippen molar-refractivity contribution in [1.82, 2.24) is 0 Å². The minimum absolute atomic E-state index is 0.660. The van der Waals surface area contributed by atoms with E-state index in [1.165, 1.54) is 22.5 Å². The molecule has 0 atom stereocenters. The van der Waals surface area contributed by atoms with Gasteiger partial charge in [0.25, 0.3) is 0 Å². The monoisotopic (exact) mass is 243 g/mol. The summed E-state index contributed by atoms with van der Waals surface area (Å²) in [5.41, 5.74) is 0. The number of thiocyanates is 1. The highest BCUT2D eigenvalue weighted by molar-refractivity contribution is 8.03. The average molecular weight is 243 g/mol. The number of nitrogens with zero attached hydrogens (tertiary/aromatic N) is 1. The van der Waals surface area contributed by atoms with Gasteiger partial charge in [0.15, 0.2) is 0 Å². The summed E-state index contributed by atoms with van der Waals surface area (Å²) < 4.78 is 5.64. The molecule has 0 spiro atoms. The summed E-state index contributed by atoms with van der Waals surface area (Å²) in [6.45, 7) is 0.660. The number of benzene rings is 2. The third kappa shape index (κ3) is 3.40. The van der Waals surface area contributed by atoms with Crippen molar-refractivity contribution >= 4 is 22.5 Å². The predicted octanol–water partition coefficient (Wildman–Crippen LogP) is 3.82. The molecule has 2 aromatic rings. The Balaban J connectivity index is 1.93. The van der Waals surface area contributed by atoms with Crippen molar-refractivity contribution in [2.45, 2.75) is 6.42 Å². The standard InChI is InChI=1S/C14H13NOS/c15-11-17-9-3-8-16-14-7-6-12-4-1-2-5-13(12)10-14/h1-2,4-7,10H,3,8-9H2. The quantitative estimate of drug-likeness (QED) is 0.591. The summed E-state index contributed by atoms with van der Waals surface area (Å²) in [6.07, 6.45) is 0.894. The van der Waals surface area contributed by atoms with Crippen LogP contribution >= 0.6 is 11.8 Å². The Morgan fingerprint density at radius 2 is 1.94 bits per heavy atom. The van der Waals surface area contributed by atoms with Gasteiger partial charge in [0, 0.05) is 5.75 Å². The van der Waals surface area contributed by atoms with Crippen LogP contribution in [0.5, 0.6) is 5.75 Å². The first-order chi connectivity index (χ1) is 8.40. The van der Waals surface area contributed by atoms with Gasteiger partial charge in [0.1, 0.15) is 11.2 Å². The molecule has 17 heavy (non-hydrogen) atoms. The summed E-state index contributed by atoms with van der Waals surface area (Å²) in [5.74, 6) is 1.72. The molecule has 0 aliphatic heterocycles. The molecule has 0 aromatic heterocycles. The molecule has 0 fully saturated rings. The molecular weight excluding hydrogens is 230 g/mol. The second-order valence-electron chi connectivity index (χ2n) is 3.65. The van der Waals surface area contributed by atoms with Gasteiger partial charge in [-0.3, -0.25) is 0 Å². The Bertz CT molecular complexity index is 533. The van der Waals surface area contributed by atoms with E-state index < -0.39 is 0 Å². The van der Waals surface area contributed by atoms with Gasteiger partial charge >= 0.3 is 0 Å². The van der Waals surface area contributed by atoms with E-state index in [4.69, 9.17) is 10.00 Å². The van der Waals surface area contributed by atoms with Crippen molar-refractivity contribution in [2.24, 2.45) is 0 Å². The van der Waals surface area contributed by atoms with Crippen molar-refractivity contribution in [2.75, 3.05) is 12.4 Å². The number of fused-ring (bicyclic) bond motifs is 1. The van der Waals surface area contributed by atoms with Gasteiger partial charge in [0.2, 0.25) is 0 Å². The highest BCUT2D eigenvalue weighted by Gasteiger charge is 1.96. The van der Waals surface area contributed by atoms with Crippen LogP contribution in [-0.4, -0.2) is 12.4 Å². The zero-order chi connectivity index (χ0) is 11.9. The fourth-order valence-electron chi connectivity index (χ4n) is 1.62. The smallest absolute Gasteiger partial charge is 0.133 e. The molecule has 3 heteroatoms. The lowest BCUT2D eigenvalue weighted by molar-refractivity contribution is 0.319. The third-order valence-corrected chi connectivity index (χ3v) is 3.07. The normalized spacial score (nSPS) is 10.1. The van der Waals surface area contributed by atoms with Crippen LogP contribution in [0.2, 0.25) is 0 Å². The highest BCUT2D eigenvalue weighted by atomic mass is 32.2. The van der Waals surface area contributed by atoms with E-state index >= 15 is 0 Å². The van der Waals surface area contributed by atoms with E-state index in [0.717, 1.165) is 17.9 Å². The first-order valence-electron chi connectivity index (χ1n) is 5.52. The molecule has 0 unspecified atom stereocenters. The first-order valence-corrected chi connectivity index (χ1v) is 6.51. The fourth-order valence-corrected chi connectivity index (χ4v) is 1.98. The second kappa shape index (κ2) is 6.17. The molecule has 0 amide bonds. The van der Waals surface area contributed by atoms with Crippen LogP contribution in [0.15, 0.2) is 42.5 Å². The lowest BCUT2D eigenvalue weighted by Gasteiger charge is -2.06. The van der Waals surface area contributed by atoms with E-state index in [9.17, 15) is 0 Å². The minimum Gasteiger partial charge on any atom is -0.494 e. The van der Waals surface area contributed by atoms with E-state index in [1.807, 2.05) is 24.3 Å². The fraction of sp³-hybridized carbons (Fsp3) is 0.214. The Morgan fingerprint density at radius 3 is 2.76 bits per heavy atom. The largest absolute Gasteiger partial charge is 0.494 e. The van der Waals surface area contributed by atoms with Crippen LogP contribution in [0.4, 0.5) is 0 Å². The van der Waals surface area contributed by atoms with E-state index in [0.29, 0.717) is 6.61 Å². The Morgan fingerprint density at radius 1 is 1.12 bits per heavy atom. The van der Waals surface area contributed by atoms with Crippen LogP contribution < -0.4 is 4.74 Å². The lowest BCUT2D eigenvalue weighted by Crippen LogP contribution is -1.98. The maximum absolute atomic E-state index is 8.37. The van der Waals surface area contributed by atoms with Gasteiger partial charge < -0.3 is 4.74 Å². The second-order valence-corrected chi connectivity index (χ2v) is 4.53. The first kappa shape index (κ1) is 11.8. The Labute approximate surface area is 105 Å². The molecular formula is C14H13NOS. The molecule has 0 radical (unpaired) electrons. The van der Waals surface area contributed by atoms with Gasteiger partial charge in [-0.2, -0.15) is 5.26 Å². The maximum Gasteiger partial charge on any atom is 0.133 e. The van der Waals surface area contributed by atoms with Crippen LogP contribution in [0.1, 0.15) is 6.42 Å². The van der Waals surface area contributed by atoms with Crippen LogP contribution in [0.3, 0.4) is 0 Å². The Hall–Kier alpha value is -1.66. The summed E-state index contributed by atoms with van der Waals surface area (Å²) in [6, 6.07) is 14.3. The molecule has 0 saturated carbocycles. The molecule has 0 heterocycles. The number of hydrogen-bond acceptors (Lipinski definition) is 3. The average Bonchev–Trinajstić information content (AvgIpc) is 2.38. The maximum atomic E-state index is 8.37. The summed E-state index contributed by atoms with van der Waals surface area (Å²) in [5, 5.41) is 12.8. The van der Waals surface area contributed by atoms with Crippen molar-refractivity contribution in [3.63, 3.8) is 0 Å². The molecule has 0 aliphatic rings. The lowest BCUT2D eigenvalue weighted by atomic mass is 10.1. The minimum atomic E-state index is 0.660. The van der Waals surface area contributed by atoms with Crippen molar-refractivity contribution in [3.05, 3.63) is 42.5 Å². The molecule has 0 bridgehead atoms. The van der Waals surface area contributed by atoms with Crippen LogP contribution in [0, 0.1) is 10.7 Å². The van der Waals surface area contributed by atoms with Gasteiger partial charge in [-0.1, -0.05) is 30.3 Å².